The Hall–Kier alpha value is -2.11. The number of likely N-dealkylation sites (tertiary alicyclic amines) is 1. The summed E-state index contributed by atoms with van der Waals surface area (Å²) in [5.74, 6) is 0.437. The molecule has 2 saturated heterocycles. The van der Waals surface area contributed by atoms with Crippen LogP contribution in [0.1, 0.15) is 79.8 Å². The van der Waals surface area contributed by atoms with Gasteiger partial charge < -0.3 is 15.3 Å². The van der Waals surface area contributed by atoms with Gasteiger partial charge in [0.2, 0.25) is 5.88 Å². The van der Waals surface area contributed by atoms with Gasteiger partial charge in [0, 0.05) is 30.8 Å². The highest BCUT2D eigenvalue weighted by Gasteiger charge is 2.35. The van der Waals surface area contributed by atoms with Gasteiger partial charge in [-0.25, -0.2) is 0 Å². The SMILES string of the molecule is Cc1cc(/C=C/CCN2CCCC3(CCNCC3)C2)ccc1Cc1c(O)n[nH]c1C(C)C. The van der Waals surface area contributed by atoms with Crippen LogP contribution in [0, 0.1) is 12.3 Å². The molecule has 32 heavy (non-hydrogen) atoms. The number of hydrogen-bond acceptors (Lipinski definition) is 4. The van der Waals surface area contributed by atoms with Gasteiger partial charge in [-0.15, -0.1) is 5.10 Å². The standard InChI is InChI=1S/C27H40N4O/c1-20(2)25-24(26(32)30-29-25)18-23-9-8-22(17-21(23)3)7-4-5-15-31-16-6-10-27(19-31)11-13-28-14-12-27/h4,7-9,17,20,28H,5-6,10-16,18-19H2,1-3H3,(H2,29,30,32)/b7-4+. The summed E-state index contributed by atoms with van der Waals surface area (Å²) in [6, 6.07) is 6.63. The number of benzene rings is 1. The second kappa shape index (κ2) is 10.2. The Labute approximate surface area is 193 Å². The molecule has 2 aliphatic heterocycles. The molecule has 0 bridgehead atoms. The number of aryl methyl sites for hydroxylation is 1. The van der Waals surface area contributed by atoms with Crippen LogP contribution in [0.25, 0.3) is 6.08 Å². The highest BCUT2D eigenvalue weighted by molar-refractivity contribution is 5.52. The molecule has 0 unspecified atom stereocenters. The summed E-state index contributed by atoms with van der Waals surface area (Å²) in [4.78, 5) is 2.69. The van der Waals surface area contributed by atoms with E-state index in [-0.39, 0.29) is 5.88 Å². The Bertz CT molecular complexity index is 918. The van der Waals surface area contributed by atoms with E-state index in [4.69, 9.17) is 0 Å². The molecule has 0 amide bonds. The van der Waals surface area contributed by atoms with Crippen LogP contribution in [0.2, 0.25) is 0 Å². The van der Waals surface area contributed by atoms with E-state index in [2.05, 4.69) is 71.5 Å². The minimum Gasteiger partial charge on any atom is -0.492 e. The Morgan fingerprint density at radius 2 is 2.03 bits per heavy atom. The lowest BCUT2D eigenvalue weighted by Crippen LogP contribution is -2.48. The van der Waals surface area contributed by atoms with Crippen LogP contribution in [-0.4, -0.2) is 52.9 Å². The summed E-state index contributed by atoms with van der Waals surface area (Å²) in [5, 5.41) is 20.7. The minimum absolute atomic E-state index is 0.126. The first kappa shape index (κ1) is 23.1. The fourth-order valence-corrected chi connectivity index (χ4v) is 5.57. The Morgan fingerprint density at radius 3 is 2.78 bits per heavy atom. The summed E-state index contributed by atoms with van der Waals surface area (Å²) in [6.45, 7) is 12.5. The van der Waals surface area contributed by atoms with Crippen molar-refractivity contribution in [2.75, 3.05) is 32.7 Å². The third-order valence-corrected chi connectivity index (χ3v) is 7.52. The van der Waals surface area contributed by atoms with E-state index in [1.165, 1.54) is 75.1 Å². The van der Waals surface area contributed by atoms with Gasteiger partial charge in [0.15, 0.2) is 0 Å². The molecule has 5 heteroatoms. The highest BCUT2D eigenvalue weighted by Crippen LogP contribution is 2.38. The van der Waals surface area contributed by atoms with Gasteiger partial charge >= 0.3 is 0 Å². The van der Waals surface area contributed by atoms with Crippen molar-refractivity contribution in [3.8, 4) is 5.88 Å². The summed E-state index contributed by atoms with van der Waals surface area (Å²) in [7, 11) is 0. The van der Waals surface area contributed by atoms with Crippen molar-refractivity contribution in [1.82, 2.24) is 20.4 Å². The average molecular weight is 437 g/mol. The van der Waals surface area contributed by atoms with E-state index < -0.39 is 0 Å². The van der Waals surface area contributed by atoms with Gasteiger partial charge in [0.05, 0.1) is 0 Å². The van der Waals surface area contributed by atoms with Gasteiger partial charge in [-0.2, -0.15) is 0 Å². The molecule has 1 aromatic carbocycles. The molecule has 0 radical (unpaired) electrons. The molecule has 1 aromatic heterocycles. The summed E-state index contributed by atoms with van der Waals surface area (Å²) in [5.41, 5.74) is 6.26. The van der Waals surface area contributed by atoms with Crippen molar-refractivity contribution >= 4 is 6.08 Å². The number of hydrogen-bond donors (Lipinski definition) is 3. The molecular formula is C27H40N4O. The molecule has 0 saturated carbocycles. The van der Waals surface area contributed by atoms with Crippen LogP contribution in [-0.2, 0) is 6.42 Å². The average Bonchev–Trinajstić information content (AvgIpc) is 3.14. The lowest BCUT2D eigenvalue weighted by molar-refractivity contribution is 0.0608. The third kappa shape index (κ3) is 5.44. The van der Waals surface area contributed by atoms with E-state index in [1.54, 1.807) is 0 Å². The summed E-state index contributed by atoms with van der Waals surface area (Å²) < 4.78 is 0. The van der Waals surface area contributed by atoms with E-state index in [0.29, 0.717) is 17.8 Å². The lowest BCUT2D eigenvalue weighted by Gasteiger charge is -2.45. The first-order chi connectivity index (χ1) is 15.5. The zero-order valence-electron chi connectivity index (χ0n) is 20.1. The lowest BCUT2D eigenvalue weighted by atomic mass is 9.73. The van der Waals surface area contributed by atoms with Crippen LogP contribution in [0.4, 0.5) is 0 Å². The molecular weight excluding hydrogens is 396 g/mol. The number of aromatic hydroxyl groups is 1. The fourth-order valence-electron chi connectivity index (χ4n) is 5.57. The maximum absolute atomic E-state index is 10.2. The Balaban J connectivity index is 1.31. The predicted molar refractivity (Wildman–Crippen MR) is 132 cm³/mol. The third-order valence-electron chi connectivity index (χ3n) is 7.52. The molecule has 0 aliphatic carbocycles. The van der Waals surface area contributed by atoms with E-state index in [9.17, 15) is 5.11 Å². The van der Waals surface area contributed by atoms with Crippen molar-refractivity contribution in [2.24, 2.45) is 5.41 Å². The monoisotopic (exact) mass is 436 g/mol. The molecule has 5 nitrogen and oxygen atoms in total. The number of rotatable bonds is 7. The molecule has 4 rings (SSSR count). The van der Waals surface area contributed by atoms with Crippen LogP contribution in [0.3, 0.4) is 0 Å². The maximum atomic E-state index is 10.2. The van der Waals surface area contributed by atoms with Crippen molar-refractivity contribution in [1.29, 1.82) is 0 Å². The largest absolute Gasteiger partial charge is 0.492 e. The van der Waals surface area contributed by atoms with Gasteiger partial charge in [-0.1, -0.05) is 44.2 Å². The Kier molecular flexibility index (Phi) is 7.37. The number of nitrogens with one attached hydrogen (secondary N) is 2. The van der Waals surface area contributed by atoms with Gasteiger partial charge in [0.25, 0.3) is 0 Å². The molecule has 3 heterocycles. The second-order valence-electron chi connectivity index (χ2n) is 10.3. The second-order valence-corrected chi connectivity index (χ2v) is 10.3. The number of piperidine rings is 2. The van der Waals surface area contributed by atoms with Crippen LogP contribution in [0.5, 0.6) is 5.88 Å². The number of aromatic nitrogens is 2. The predicted octanol–water partition coefficient (Wildman–Crippen LogP) is 5.01. The van der Waals surface area contributed by atoms with Gasteiger partial charge in [0.1, 0.15) is 0 Å². The van der Waals surface area contributed by atoms with E-state index in [1.807, 2.05) is 0 Å². The fraction of sp³-hybridized carbons (Fsp3) is 0.593. The van der Waals surface area contributed by atoms with E-state index >= 15 is 0 Å². The maximum Gasteiger partial charge on any atom is 0.233 e. The molecule has 1 spiro atoms. The van der Waals surface area contributed by atoms with Crippen molar-refractivity contribution in [3.05, 3.63) is 52.2 Å². The molecule has 2 aliphatic rings. The number of aromatic amines is 1. The quantitative estimate of drug-likeness (QED) is 0.571. The summed E-state index contributed by atoms with van der Waals surface area (Å²) >= 11 is 0. The normalized spacial score (nSPS) is 19.4. The molecule has 174 valence electrons. The van der Waals surface area contributed by atoms with E-state index in [0.717, 1.165) is 17.7 Å². The van der Waals surface area contributed by atoms with Crippen LogP contribution in [0.15, 0.2) is 24.3 Å². The van der Waals surface area contributed by atoms with Crippen LogP contribution >= 0.6 is 0 Å². The minimum atomic E-state index is 0.126. The zero-order chi connectivity index (χ0) is 22.6. The van der Waals surface area contributed by atoms with Crippen molar-refractivity contribution in [2.45, 2.75) is 65.2 Å². The number of nitrogens with zero attached hydrogens (tertiary/aromatic N) is 2. The van der Waals surface area contributed by atoms with Crippen molar-refractivity contribution < 1.29 is 5.11 Å². The molecule has 2 aromatic rings. The first-order valence-electron chi connectivity index (χ1n) is 12.4. The summed E-state index contributed by atoms with van der Waals surface area (Å²) in [6.07, 6.45) is 11.9. The molecule has 2 fully saturated rings. The zero-order valence-corrected chi connectivity index (χ0v) is 20.1. The molecule has 0 atom stereocenters. The van der Waals surface area contributed by atoms with Crippen LogP contribution < -0.4 is 5.32 Å². The topological polar surface area (TPSA) is 64.2 Å². The first-order valence-corrected chi connectivity index (χ1v) is 12.4. The van der Waals surface area contributed by atoms with Gasteiger partial charge in [-0.05, 0) is 86.7 Å². The smallest absolute Gasteiger partial charge is 0.233 e. The number of H-pyrrole nitrogens is 1. The Morgan fingerprint density at radius 1 is 1.22 bits per heavy atom. The highest BCUT2D eigenvalue weighted by atomic mass is 16.3. The van der Waals surface area contributed by atoms with Gasteiger partial charge in [-0.3, -0.25) is 5.10 Å². The molecule has 3 N–H and O–H groups in total. The van der Waals surface area contributed by atoms with Crippen molar-refractivity contribution in [3.63, 3.8) is 0 Å².